The number of ketones is 1. The van der Waals surface area contributed by atoms with Crippen molar-refractivity contribution in [2.45, 2.75) is 76.7 Å². The molecular formula is C21H31NO6. The Balaban J connectivity index is 1.39. The minimum Gasteiger partial charge on any atom is -0.464 e. The van der Waals surface area contributed by atoms with Gasteiger partial charge in [0.2, 0.25) is 5.91 Å². The van der Waals surface area contributed by atoms with Gasteiger partial charge in [-0.3, -0.25) is 9.59 Å². The van der Waals surface area contributed by atoms with E-state index in [1.165, 1.54) is 18.9 Å². The number of Topliss-reactive ketones (excluding diaryl/α,β-unsaturated/α-hetero) is 1. The summed E-state index contributed by atoms with van der Waals surface area (Å²) in [6, 6.07) is -0.593. The lowest BCUT2D eigenvalue weighted by Gasteiger charge is -2.16. The van der Waals surface area contributed by atoms with Gasteiger partial charge >= 0.3 is 11.9 Å². The molecule has 1 fully saturated rings. The first-order valence-corrected chi connectivity index (χ1v) is 10.4. The third-order valence-electron chi connectivity index (χ3n) is 5.10. The third-order valence-corrected chi connectivity index (χ3v) is 5.10. The summed E-state index contributed by atoms with van der Waals surface area (Å²) in [5.74, 6) is -0.768. The third kappa shape index (κ3) is 8.67. The second-order valence-electron chi connectivity index (χ2n) is 7.55. The molecule has 1 amide bonds. The fourth-order valence-electron chi connectivity index (χ4n) is 3.44. The topological polar surface area (TPSA) is 98.8 Å². The van der Waals surface area contributed by atoms with E-state index in [1.807, 2.05) is 6.08 Å². The molecule has 0 aromatic rings. The van der Waals surface area contributed by atoms with Crippen LogP contribution in [0.5, 0.6) is 0 Å². The van der Waals surface area contributed by atoms with Crippen molar-refractivity contribution in [3.63, 3.8) is 0 Å². The highest BCUT2D eigenvalue weighted by molar-refractivity contribution is 5.99. The summed E-state index contributed by atoms with van der Waals surface area (Å²) in [5.41, 5.74) is 0. The average molecular weight is 393 g/mol. The van der Waals surface area contributed by atoms with Crippen LogP contribution in [0, 0.1) is 5.92 Å². The molecule has 0 aromatic carbocycles. The highest BCUT2D eigenvalue weighted by Gasteiger charge is 2.28. The molecule has 7 nitrogen and oxygen atoms in total. The van der Waals surface area contributed by atoms with Gasteiger partial charge in [0.1, 0.15) is 11.8 Å². The number of unbranched alkanes of at least 4 members (excludes halogenated alkanes) is 6. The van der Waals surface area contributed by atoms with E-state index >= 15 is 0 Å². The monoisotopic (exact) mass is 393 g/mol. The zero-order valence-corrected chi connectivity index (χ0v) is 16.5. The van der Waals surface area contributed by atoms with E-state index in [4.69, 9.17) is 9.47 Å². The fraction of sp³-hybridized carbons (Fsp3) is 0.714. The molecule has 2 heterocycles. The maximum atomic E-state index is 11.8. The van der Waals surface area contributed by atoms with Gasteiger partial charge in [0.05, 0.1) is 19.6 Å². The van der Waals surface area contributed by atoms with Crippen LogP contribution in [0.1, 0.15) is 70.6 Å². The Kier molecular flexibility index (Phi) is 9.72. The number of hydrogen-bond acceptors (Lipinski definition) is 6. The van der Waals surface area contributed by atoms with Gasteiger partial charge in [-0.25, -0.2) is 9.59 Å². The first-order chi connectivity index (χ1) is 13.5. The fourth-order valence-corrected chi connectivity index (χ4v) is 3.44. The number of rotatable bonds is 13. The number of nitrogens with one attached hydrogen (secondary N) is 1. The zero-order chi connectivity index (χ0) is 20.2. The van der Waals surface area contributed by atoms with Gasteiger partial charge in [0.25, 0.3) is 0 Å². The summed E-state index contributed by atoms with van der Waals surface area (Å²) < 4.78 is 9.77. The molecule has 0 aromatic heterocycles. The molecule has 1 unspecified atom stereocenters. The second kappa shape index (κ2) is 12.3. The highest BCUT2D eigenvalue weighted by Crippen LogP contribution is 2.17. The van der Waals surface area contributed by atoms with Crippen molar-refractivity contribution < 1.29 is 28.7 Å². The van der Waals surface area contributed by atoms with E-state index < -0.39 is 17.9 Å². The minimum absolute atomic E-state index is 0.0786. The van der Waals surface area contributed by atoms with Gasteiger partial charge in [-0.1, -0.05) is 44.6 Å². The van der Waals surface area contributed by atoms with Crippen LogP contribution in [0.4, 0.5) is 0 Å². The molecule has 0 spiro atoms. The Morgan fingerprint density at radius 1 is 1.00 bits per heavy atom. The van der Waals surface area contributed by atoms with Crippen LogP contribution in [0.15, 0.2) is 12.2 Å². The summed E-state index contributed by atoms with van der Waals surface area (Å²) >= 11 is 0. The van der Waals surface area contributed by atoms with Crippen LogP contribution in [-0.2, 0) is 28.7 Å². The number of hydrogen-bond donors (Lipinski definition) is 1. The van der Waals surface area contributed by atoms with Crippen LogP contribution < -0.4 is 5.32 Å². The average Bonchev–Trinajstić information content (AvgIpc) is 3.06. The van der Waals surface area contributed by atoms with E-state index in [1.54, 1.807) is 0 Å². The summed E-state index contributed by atoms with van der Waals surface area (Å²) in [6.45, 7) is 0.830. The van der Waals surface area contributed by atoms with Gasteiger partial charge in [0, 0.05) is 24.8 Å². The normalized spacial score (nSPS) is 21.3. The van der Waals surface area contributed by atoms with Crippen molar-refractivity contribution in [1.82, 2.24) is 5.32 Å². The maximum Gasteiger partial charge on any atom is 0.330 e. The molecule has 156 valence electrons. The van der Waals surface area contributed by atoms with E-state index in [2.05, 4.69) is 5.32 Å². The first kappa shape index (κ1) is 22.1. The lowest BCUT2D eigenvalue weighted by Crippen LogP contribution is -2.38. The van der Waals surface area contributed by atoms with Gasteiger partial charge in [0.15, 0.2) is 0 Å². The van der Waals surface area contributed by atoms with Crippen LogP contribution in [0.3, 0.4) is 0 Å². The lowest BCUT2D eigenvalue weighted by atomic mass is 9.99. The van der Waals surface area contributed by atoms with E-state index in [0.717, 1.165) is 38.5 Å². The summed E-state index contributed by atoms with van der Waals surface area (Å²) in [7, 11) is 0. The lowest BCUT2D eigenvalue weighted by molar-refractivity contribution is -0.142. The molecule has 2 aliphatic heterocycles. The Bertz CT molecular complexity index is 585. The largest absolute Gasteiger partial charge is 0.464 e. The standard InChI is InChI=1S/C21H31NO6/c23-17(14-19(24)22-18-12-13-27-21(18)26)9-7-5-3-1-2-4-6-8-16-10-11-20(25)28-15-16/h10-11,16,18H,1-9,12-15H2,(H,22,24)/t16?,18-/m0/s1. The zero-order valence-electron chi connectivity index (χ0n) is 16.5. The molecule has 2 aliphatic rings. The number of cyclic esters (lactones) is 2. The molecule has 2 atom stereocenters. The molecule has 0 aliphatic carbocycles. The SMILES string of the molecule is O=C(CCCCCCCCCC1C=CC(=O)OC1)CC(=O)N[C@H]1CCOC1=O. The quantitative estimate of drug-likeness (QED) is 0.293. The molecule has 1 saturated heterocycles. The van der Waals surface area contributed by atoms with Crippen molar-refractivity contribution >= 4 is 23.6 Å². The summed E-state index contributed by atoms with van der Waals surface area (Å²) in [6.07, 6.45) is 12.7. The molecular weight excluding hydrogens is 362 g/mol. The predicted octanol–water partition coefficient (Wildman–Crippen LogP) is 2.62. The van der Waals surface area contributed by atoms with Gasteiger partial charge in [-0.15, -0.1) is 0 Å². The molecule has 2 rings (SSSR count). The molecule has 7 heteroatoms. The van der Waals surface area contributed by atoms with Gasteiger partial charge in [-0.05, 0) is 12.8 Å². The van der Waals surface area contributed by atoms with E-state index in [9.17, 15) is 19.2 Å². The number of carbonyl (C=O) groups excluding carboxylic acids is 4. The molecule has 28 heavy (non-hydrogen) atoms. The van der Waals surface area contributed by atoms with Crippen molar-refractivity contribution in [2.75, 3.05) is 13.2 Å². The number of ether oxygens (including phenoxy) is 2. The summed E-state index contributed by atoms with van der Waals surface area (Å²) in [5, 5.41) is 2.55. The van der Waals surface area contributed by atoms with Crippen molar-refractivity contribution in [2.24, 2.45) is 5.92 Å². The van der Waals surface area contributed by atoms with E-state index in [-0.39, 0.29) is 18.2 Å². The van der Waals surface area contributed by atoms with E-state index in [0.29, 0.717) is 32.0 Å². The van der Waals surface area contributed by atoms with Crippen LogP contribution in [0.2, 0.25) is 0 Å². The number of carbonyl (C=O) groups is 4. The van der Waals surface area contributed by atoms with Crippen LogP contribution >= 0.6 is 0 Å². The number of esters is 2. The van der Waals surface area contributed by atoms with Crippen LogP contribution in [0.25, 0.3) is 0 Å². The van der Waals surface area contributed by atoms with Crippen molar-refractivity contribution in [3.8, 4) is 0 Å². The smallest absolute Gasteiger partial charge is 0.330 e. The van der Waals surface area contributed by atoms with Crippen molar-refractivity contribution in [1.29, 1.82) is 0 Å². The summed E-state index contributed by atoms with van der Waals surface area (Å²) in [4.78, 5) is 45.8. The second-order valence-corrected chi connectivity index (χ2v) is 7.55. The maximum absolute atomic E-state index is 11.8. The minimum atomic E-state index is -0.593. The Morgan fingerprint density at radius 3 is 2.36 bits per heavy atom. The molecule has 0 saturated carbocycles. The van der Waals surface area contributed by atoms with Crippen molar-refractivity contribution in [3.05, 3.63) is 12.2 Å². The number of amides is 1. The Hall–Kier alpha value is -2.18. The molecule has 1 N–H and O–H groups in total. The predicted molar refractivity (Wildman–Crippen MR) is 102 cm³/mol. The van der Waals surface area contributed by atoms with Gasteiger partial charge < -0.3 is 14.8 Å². The van der Waals surface area contributed by atoms with Gasteiger partial charge in [-0.2, -0.15) is 0 Å². The molecule has 0 bridgehead atoms. The first-order valence-electron chi connectivity index (χ1n) is 10.4. The Morgan fingerprint density at radius 2 is 1.71 bits per heavy atom. The molecule has 0 radical (unpaired) electrons. The van der Waals surface area contributed by atoms with Crippen LogP contribution in [-0.4, -0.2) is 42.9 Å². The highest BCUT2D eigenvalue weighted by atomic mass is 16.5. The Labute approximate surface area is 166 Å².